The third kappa shape index (κ3) is 3.25. The number of rotatable bonds is 4. The Morgan fingerprint density at radius 3 is 2.73 bits per heavy atom. The van der Waals surface area contributed by atoms with Crippen molar-refractivity contribution in [3.8, 4) is 0 Å². The number of carboxylic acid groups (broad SMARTS) is 1. The van der Waals surface area contributed by atoms with Crippen molar-refractivity contribution in [2.24, 2.45) is 5.73 Å². The van der Waals surface area contributed by atoms with Crippen molar-refractivity contribution in [3.63, 3.8) is 0 Å². The average molecular weight is 225 g/mol. The number of nitrogens with two attached hydrogens (primary N) is 1. The molecular formula is C11H15NO2S. The molecule has 1 aromatic carbocycles. The number of carboxylic acids is 1. The summed E-state index contributed by atoms with van der Waals surface area (Å²) in [4.78, 5) is 11.7. The summed E-state index contributed by atoms with van der Waals surface area (Å²) in [6.45, 7) is 1.96. The van der Waals surface area contributed by atoms with Gasteiger partial charge in [0.15, 0.2) is 0 Å². The van der Waals surface area contributed by atoms with E-state index in [2.05, 4.69) is 0 Å². The molecule has 0 spiro atoms. The van der Waals surface area contributed by atoms with Crippen LogP contribution in [0, 0.1) is 6.92 Å². The fourth-order valence-electron chi connectivity index (χ4n) is 1.49. The number of hydrogen-bond acceptors (Lipinski definition) is 3. The van der Waals surface area contributed by atoms with E-state index in [9.17, 15) is 4.79 Å². The fraction of sp³-hybridized carbons (Fsp3) is 0.364. The van der Waals surface area contributed by atoms with Gasteiger partial charge >= 0.3 is 5.97 Å². The molecule has 0 aliphatic carbocycles. The topological polar surface area (TPSA) is 63.3 Å². The molecule has 0 radical (unpaired) electrons. The predicted molar refractivity (Wildman–Crippen MR) is 62.1 cm³/mol. The molecule has 0 amide bonds. The van der Waals surface area contributed by atoms with Crippen LogP contribution >= 0.6 is 11.8 Å². The van der Waals surface area contributed by atoms with Crippen molar-refractivity contribution in [1.29, 1.82) is 0 Å². The second-order valence-electron chi connectivity index (χ2n) is 3.43. The molecule has 0 fully saturated rings. The summed E-state index contributed by atoms with van der Waals surface area (Å²) in [5.41, 5.74) is 7.76. The van der Waals surface area contributed by atoms with Gasteiger partial charge in [0.1, 0.15) is 0 Å². The van der Waals surface area contributed by atoms with Crippen LogP contribution in [0.5, 0.6) is 0 Å². The van der Waals surface area contributed by atoms with Crippen molar-refractivity contribution in [2.75, 3.05) is 6.26 Å². The molecule has 3 N–H and O–H groups in total. The molecule has 4 heteroatoms. The Balaban J connectivity index is 2.90. The van der Waals surface area contributed by atoms with Crippen LogP contribution in [-0.4, -0.2) is 17.3 Å². The number of aryl methyl sites for hydroxylation is 1. The van der Waals surface area contributed by atoms with E-state index < -0.39 is 12.0 Å². The first-order valence-electron chi connectivity index (χ1n) is 4.66. The van der Waals surface area contributed by atoms with E-state index in [-0.39, 0.29) is 6.42 Å². The van der Waals surface area contributed by atoms with Gasteiger partial charge in [0.2, 0.25) is 0 Å². The molecule has 0 aliphatic rings. The summed E-state index contributed by atoms with van der Waals surface area (Å²) in [6.07, 6.45) is 1.98. The Kier molecular flexibility index (Phi) is 4.17. The van der Waals surface area contributed by atoms with Crippen LogP contribution in [0.1, 0.15) is 23.6 Å². The Labute approximate surface area is 93.7 Å². The maximum Gasteiger partial charge on any atom is 0.305 e. The third-order valence-electron chi connectivity index (χ3n) is 2.27. The zero-order chi connectivity index (χ0) is 11.4. The minimum absolute atomic E-state index is 0.0283. The van der Waals surface area contributed by atoms with Crippen molar-refractivity contribution in [1.82, 2.24) is 0 Å². The first kappa shape index (κ1) is 12.1. The van der Waals surface area contributed by atoms with Gasteiger partial charge in [-0.1, -0.05) is 6.07 Å². The molecule has 0 saturated carbocycles. The van der Waals surface area contributed by atoms with Gasteiger partial charge in [0.05, 0.1) is 6.42 Å². The molecule has 1 atom stereocenters. The lowest BCUT2D eigenvalue weighted by atomic mass is 10.00. The molecule has 0 bridgehead atoms. The second kappa shape index (κ2) is 5.19. The Hall–Kier alpha value is -1.00. The van der Waals surface area contributed by atoms with E-state index in [4.69, 9.17) is 10.8 Å². The second-order valence-corrected chi connectivity index (χ2v) is 4.31. The Bertz CT molecular complexity index is 366. The molecule has 15 heavy (non-hydrogen) atoms. The minimum atomic E-state index is -0.865. The van der Waals surface area contributed by atoms with Crippen molar-refractivity contribution < 1.29 is 9.90 Å². The summed E-state index contributed by atoms with van der Waals surface area (Å²) in [5, 5.41) is 8.65. The van der Waals surface area contributed by atoms with Gasteiger partial charge in [-0.3, -0.25) is 4.79 Å². The van der Waals surface area contributed by atoms with Crippen LogP contribution in [-0.2, 0) is 4.79 Å². The normalized spacial score (nSPS) is 12.5. The molecule has 1 aromatic rings. The van der Waals surface area contributed by atoms with Crippen molar-refractivity contribution >= 4 is 17.7 Å². The summed E-state index contributed by atoms with van der Waals surface area (Å²) in [6, 6.07) is 5.49. The zero-order valence-corrected chi connectivity index (χ0v) is 9.67. The third-order valence-corrected chi connectivity index (χ3v) is 3.00. The number of aliphatic carboxylic acids is 1. The number of benzene rings is 1. The maximum absolute atomic E-state index is 10.5. The van der Waals surface area contributed by atoms with Gasteiger partial charge in [-0.15, -0.1) is 11.8 Å². The summed E-state index contributed by atoms with van der Waals surface area (Å²) >= 11 is 1.66. The van der Waals surface area contributed by atoms with Crippen LogP contribution in [0.3, 0.4) is 0 Å². The first-order valence-corrected chi connectivity index (χ1v) is 5.89. The molecular weight excluding hydrogens is 210 g/mol. The van der Waals surface area contributed by atoms with E-state index in [1.165, 1.54) is 4.90 Å². The lowest BCUT2D eigenvalue weighted by Gasteiger charge is -2.13. The highest BCUT2D eigenvalue weighted by atomic mass is 32.2. The van der Waals surface area contributed by atoms with Crippen LogP contribution in [0.4, 0.5) is 0 Å². The molecule has 3 nitrogen and oxygen atoms in total. The van der Waals surface area contributed by atoms with E-state index in [0.29, 0.717) is 0 Å². The van der Waals surface area contributed by atoms with Gasteiger partial charge in [0.25, 0.3) is 0 Å². The molecule has 1 unspecified atom stereocenters. The number of hydrogen-bond donors (Lipinski definition) is 2. The van der Waals surface area contributed by atoms with Crippen molar-refractivity contribution in [2.45, 2.75) is 24.3 Å². The molecule has 1 rings (SSSR count). The molecule has 0 aromatic heterocycles. The SMILES string of the molecule is CSc1ccc(C(N)CC(=O)O)c(C)c1. The standard InChI is InChI=1S/C11H15NO2S/c1-7-5-8(15-2)3-4-9(7)10(12)6-11(13)14/h3-5,10H,6,12H2,1-2H3,(H,13,14). The molecule has 0 heterocycles. The van der Waals surface area contributed by atoms with Crippen LogP contribution < -0.4 is 5.73 Å². The Morgan fingerprint density at radius 2 is 2.27 bits per heavy atom. The Morgan fingerprint density at radius 1 is 1.60 bits per heavy atom. The molecule has 82 valence electrons. The minimum Gasteiger partial charge on any atom is -0.481 e. The average Bonchev–Trinajstić information content (AvgIpc) is 2.16. The highest BCUT2D eigenvalue weighted by molar-refractivity contribution is 7.98. The van der Waals surface area contributed by atoms with E-state index in [1.54, 1.807) is 11.8 Å². The van der Waals surface area contributed by atoms with E-state index in [1.807, 2.05) is 31.4 Å². The summed E-state index contributed by atoms with van der Waals surface area (Å²) in [5.74, 6) is -0.865. The van der Waals surface area contributed by atoms with Crippen molar-refractivity contribution in [3.05, 3.63) is 29.3 Å². The van der Waals surface area contributed by atoms with Gasteiger partial charge in [-0.05, 0) is 36.4 Å². The number of thioether (sulfide) groups is 1. The van der Waals surface area contributed by atoms with E-state index in [0.717, 1.165) is 11.1 Å². The maximum atomic E-state index is 10.5. The zero-order valence-electron chi connectivity index (χ0n) is 8.86. The summed E-state index contributed by atoms with van der Waals surface area (Å²) < 4.78 is 0. The molecule has 0 saturated heterocycles. The quantitative estimate of drug-likeness (QED) is 0.771. The predicted octanol–water partition coefficient (Wildman–Crippen LogP) is 2.19. The lowest BCUT2D eigenvalue weighted by Crippen LogP contribution is -2.16. The number of carbonyl (C=O) groups is 1. The fourth-order valence-corrected chi connectivity index (χ4v) is 1.99. The van der Waals surface area contributed by atoms with Crippen LogP contribution in [0.2, 0.25) is 0 Å². The monoisotopic (exact) mass is 225 g/mol. The lowest BCUT2D eigenvalue weighted by molar-refractivity contribution is -0.137. The van der Waals surface area contributed by atoms with Gasteiger partial charge in [-0.25, -0.2) is 0 Å². The van der Waals surface area contributed by atoms with Gasteiger partial charge < -0.3 is 10.8 Å². The largest absolute Gasteiger partial charge is 0.481 e. The first-order chi connectivity index (χ1) is 7.04. The summed E-state index contributed by atoms with van der Waals surface area (Å²) in [7, 11) is 0. The van der Waals surface area contributed by atoms with Gasteiger partial charge in [0, 0.05) is 10.9 Å². The van der Waals surface area contributed by atoms with E-state index >= 15 is 0 Å². The van der Waals surface area contributed by atoms with Gasteiger partial charge in [-0.2, -0.15) is 0 Å². The smallest absolute Gasteiger partial charge is 0.305 e. The van der Waals surface area contributed by atoms with Crippen LogP contribution in [0.15, 0.2) is 23.1 Å². The van der Waals surface area contributed by atoms with Crippen LogP contribution in [0.25, 0.3) is 0 Å². The highest BCUT2D eigenvalue weighted by Gasteiger charge is 2.12. The molecule has 0 aliphatic heterocycles. The highest BCUT2D eigenvalue weighted by Crippen LogP contribution is 2.23.